The van der Waals surface area contributed by atoms with E-state index in [-0.39, 0.29) is 11.5 Å². The number of anilines is 2. The molecule has 0 atom stereocenters. The predicted molar refractivity (Wildman–Crippen MR) is 127 cm³/mol. The maximum absolute atomic E-state index is 13.2. The molecule has 34 heavy (non-hydrogen) atoms. The number of rotatable bonds is 5. The number of piperazine rings is 1. The molecule has 1 N–H and O–H groups in total. The van der Waals surface area contributed by atoms with Gasteiger partial charge in [-0.15, -0.1) is 0 Å². The lowest BCUT2D eigenvalue weighted by Gasteiger charge is -2.37. The Hall–Kier alpha value is -4.20. The van der Waals surface area contributed by atoms with Gasteiger partial charge in [0, 0.05) is 37.3 Å². The van der Waals surface area contributed by atoms with Crippen molar-refractivity contribution in [2.24, 2.45) is 0 Å². The second kappa shape index (κ2) is 10.2. The molecule has 4 rings (SSSR count). The Morgan fingerprint density at radius 2 is 1.47 bits per heavy atom. The zero-order valence-corrected chi connectivity index (χ0v) is 18.7. The van der Waals surface area contributed by atoms with Crippen LogP contribution >= 0.6 is 0 Å². The van der Waals surface area contributed by atoms with Gasteiger partial charge in [0.2, 0.25) is 0 Å². The van der Waals surface area contributed by atoms with Gasteiger partial charge in [-0.2, -0.15) is 0 Å². The van der Waals surface area contributed by atoms with Crippen molar-refractivity contribution in [3.05, 3.63) is 95.3 Å². The summed E-state index contributed by atoms with van der Waals surface area (Å²) in [6, 6.07) is 19.3. The highest BCUT2D eigenvalue weighted by Crippen LogP contribution is 2.29. The molecule has 174 valence electrons. The standard InChI is InChI=1S/C26H24FN3O4/c1-34-26(33)20-9-12-23(22(17-20)28-24(31)18-7-10-21(27)11-8-18)29-13-15-30(16-14-29)25(32)19-5-3-2-4-6-19/h2-12,17H,13-16H2,1H3,(H,28,31). The van der Waals surface area contributed by atoms with Crippen LogP contribution in [0.3, 0.4) is 0 Å². The number of hydrogen-bond acceptors (Lipinski definition) is 5. The molecule has 1 aliphatic rings. The second-order valence-electron chi connectivity index (χ2n) is 7.83. The average molecular weight is 461 g/mol. The third-order valence-corrected chi connectivity index (χ3v) is 5.70. The van der Waals surface area contributed by atoms with Gasteiger partial charge in [0.1, 0.15) is 5.82 Å². The molecule has 8 heteroatoms. The minimum Gasteiger partial charge on any atom is -0.465 e. The van der Waals surface area contributed by atoms with Gasteiger partial charge >= 0.3 is 5.97 Å². The van der Waals surface area contributed by atoms with E-state index in [0.717, 1.165) is 5.69 Å². The Kier molecular flexibility index (Phi) is 6.87. The molecule has 7 nitrogen and oxygen atoms in total. The van der Waals surface area contributed by atoms with Crippen molar-refractivity contribution in [1.29, 1.82) is 0 Å². The lowest BCUT2D eigenvalue weighted by molar-refractivity contribution is 0.0600. The predicted octanol–water partition coefficient (Wildman–Crippen LogP) is 3.83. The van der Waals surface area contributed by atoms with Crippen LogP contribution in [-0.2, 0) is 4.74 Å². The van der Waals surface area contributed by atoms with Crippen molar-refractivity contribution in [1.82, 2.24) is 4.90 Å². The third-order valence-electron chi connectivity index (χ3n) is 5.70. The lowest BCUT2D eigenvalue weighted by Crippen LogP contribution is -2.49. The molecule has 0 saturated carbocycles. The fraction of sp³-hybridized carbons (Fsp3) is 0.192. The molecule has 1 aliphatic heterocycles. The van der Waals surface area contributed by atoms with Crippen LogP contribution in [-0.4, -0.2) is 56.0 Å². The maximum atomic E-state index is 13.2. The summed E-state index contributed by atoms with van der Waals surface area (Å²) in [7, 11) is 1.29. The number of hydrogen-bond donors (Lipinski definition) is 1. The largest absolute Gasteiger partial charge is 0.465 e. The van der Waals surface area contributed by atoms with E-state index in [1.807, 2.05) is 18.2 Å². The van der Waals surface area contributed by atoms with Crippen LogP contribution in [0.1, 0.15) is 31.1 Å². The van der Waals surface area contributed by atoms with Gasteiger partial charge in [-0.05, 0) is 54.6 Å². The summed E-state index contributed by atoms with van der Waals surface area (Å²) in [5.41, 5.74) is 2.37. The monoisotopic (exact) mass is 461 g/mol. The van der Waals surface area contributed by atoms with Gasteiger partial charge in [-0.3, -0.25) is 9.59 Å². The molecule has 0 unspecified atom stereocenters. The average Bonchev–Trinajstić information content (AvgIpc) is 2.88. The molecular weight excluding hydrogens is 437 g/mol. The van der Waals surface area contributed by atoms with E-state index in [1.54, 1.807) is 35.2 Å². The Balaban J connectivity index is 1.54. The number of nitrogens with zero attached hydrogens (tertiary/aromatic N) is 2. The van der Waals surface area contributed by atoms with Crippen molar-refractivity contribution >= 4 is 29.2 Å². The highest BCUT2D eigenvalue weighted by molar-refractivity contribution is 6.07. The first-order chi connectivity index (χ1) is 16.5. The first-order valence-electron chi connectivity index (χ1n) is 10.8. The number of halogens is 1. The van der Waals surface area contributed by atoms with Gasteiger partial charge in [0.05, 0.1) is 24.0 Å². The second-order valence-corrected chi connectivity index (χ2v) is 7.83. The number of amides is 2. The summed E-state index contributed by atoms with van der Waals surface area (Å²) in [6.07, 6.45) is 0. The van der Waals surface area contributed by atoms with Crippen molar-refractivity contribution in [2.75, 3.05) is 43.5 Å². The zero-order valence-electron chi connectivity index (χ0n) is 18.7. The minimum absolute atomic E-state index is 0.0221. The highest BCUT2D eigenvalue weighted by Gasteiger charge is 2.24. The molecule has 0 radical (unpaired) electrons. The van der Waals surface area contributed by atoms with E-state index < -0.39 is 17.7 Å². The smallest absolute Gasteiger partial charge is 0.337 e. The van der Waals surface area contributed by atoms with Crippen LogP contribution in [0.15, 0.2) is 72.8 Å². The quantitative estimate of drug-likeness (QED) is 0.585. The Bertz CT molecular complexity index is 1190. The number of esters is 1. The molecule has 0 spiro atoms. The van der Waals surface area contributed by atoms with Crippen LogP contribution < -0.4 is 10.2 Å². The molecule has 1 fully saturated rings. The van der Waals surface area contributed by atoms with E-state index in [2.05, 4.69) is 10.2 Å². The van der Waals surface area contributed by atoms with Crippen LogP contribution in [0.2, 0.25) is 0 Å². The summed E-state index contributed by atoms with van der Waals surface area (Å²) in [6.45, 7) is 2.13. The maximum Gasteiger partial charge on any atom is 0.337 e. The fourth-order valence-electron chi connectivity index (χ4n) is 3.87. The van der Waals surface area contributed by atoms with E-state index in [9.17, 15) is 18.8 Å². The van der Waals surface area contributed by atoms with Gasteiger partial charge < -0.3 is 19.9 Å². The van der Waals surface area contributed by atoms with Gasteiger partial charge in [0.25, 0.3) is 11.8 Å². The molecule has 1 heterocycles. The summed E-state index contributed by atoms with van der Waals surface area (Å²) >= 11 is 0. The normalized spacial score (nSPS) is 13.4. The van der Waals surface area contributed by atoms with Crippen molar-refractivity contribution in [2.45, 2.75) is 0 Å². The number of carbonyl (C=O) groups is 3. The Morgan fingerprint density at radius 3 is 2.12 bits per heavy atom. The first kappa shape index (κ1) is 23.0. The van der Waals surface area contributed by atoms with Gasteiger partial charge in [0.15, 0.2) is 0 Å². The summed E-state index contributed by atoms with van der Waals surface area (Å²) in [5, 5.41) is 2.83. The number of carbonyl (C=O) groups excluding carboxylic acids is 3. The topological polar surface area (TPSA) is 79.0 Å². The van der Waals surface area contributed by atoms with Crippen LogP contribution in [0.4, 0.5) is 15.8 Å². The number of ether oxygens (including phenoxy) is 1. The molecule has 3 aromatic rings. The number of nitrogens with one attached hydrogen (secondary N) is 1. The van der Waals surface area contributed by atoms with Gasteiger partial charge in [-0.1, -0.05) is 18.2 Å². The summed E-state index contributed by atoms with van der Waals surface area (Å²) in [5.74, 6) is -1.41. The molecule has 3 aromatic carbocycles. The minimum atomic E-state index is -0.526. The summed E-state index contributed by atoms with van der Waals surface area (Å²) in [4.78, 5) is 41.5. The molecule has 0 aromatic heterocycles. The van der Waals surface area contributed by atoms with Crippen molar-refractivity contribution in [3.8, 4) is 0 Å². The Morgan fingerprint density at radius 1 is 0.824 bits per heavy atom. The van der Waals surface area contributed by atoms with Crippen LogP contribution in [0, 0.1) is 5.82 Å². The van der Waals surface area contributed by atoms with Crippen LogP contribution in [0.5, 0.6) is 0 Å². The first-order valence-corrected chi connectivity index (χ1v) is 10.8. The lowest BCUT2D eigenvalue weighted by atomic mass is 10.1. The molecule has 1 saturated heterocycles. The molecule has 0 bridgehead atoms. The molecule has 2 amide bonds. The SMILES string of the molecule is COC(=O)c1ccc(N2CCN(C(=O)c3ccccc3)CC2)c(NC(=O)c2ccc(F)cc2)c1. The van der Waals surface area contributed by atoms with Crippen molar-refractivity contribution < 1.29 is 23.5 Å². The van der Waals surface area contributed by atoms with Crippen molar-refractivity contribution in [3.63, 3.8) is 0 Å². The van der Waals surface area contributed by atoms with E-state index in [4.69, 9.17) is 4.74 Å². The fourth-order valence-corrected chi connectivity index (χ4v) is 3.87. The van der Waals surface area contributed by atoms with E-state index in [0.29, 0.717) is 43.0 Å². The summed E-state index contributed by atoms with van der Waals surface area (Å²) < 4.78 is 18.1. The molecular formula is C26H24FN3O4. The highest BCUT2D eigenvalue weighted by atomic mass is 19.1. The van der Waals surface area contributed by atoms with Crippen LogP contribution in [0.25, 0.3) is 0 Å². The number of methoxy groups -OCH3 is 1. The number of benzene rings is 3. The third kappa shape index (κ3) is 5.06. The van der Waals surface area contributed by atoms with E-state index in [1.165, 1.54) is 31.4 Å². The molecule has 0 aliphatic carbocycles. The van der Waals surface area contributed by atoms with Gasteiger partial charge in [-0.25, -0.2) is 9.18 Å². The van der Waals surface area contributed by atoms with E-state index >= 15 is 0 Å². The zero-order chi connectivity index (χ0) is 24.1. The Labute approximate surface area is 196 Å².